The number of hydrogen-bond donors (Lipinski definition) is 4. The maximum Gasteiger partial charge on any atom is 0.223 e. The van der Waals surface area contributed by atoms with E-state index in [1.807, 2.05) is 24.0 Å². The third-order valence-electron chi connectivity index (χ3n) is 9.65. The molecular weight excluding hydrogens is 436 g/mol. The third kappa shape index (κ3) is 6.04. The zero-order valence-electron chi connectivity index (χ0n) is 22.1. The van der Waals surface area contributed by atoms with Gasteiger partial charge in [-0.25, -0.2) is 0 Å². The Hall–Kier alpha value is -1.60. The van der Waals surface area contributed by atoms with E-state index in [4.69, 9.17) is 5.41 Å². The van der Waals surface area contributed by atoms with Gasteiger partial charge in [0.25, 0.3) is 0 Å². The minimum Gasteiger partial charge on any atom is -0.351 e. The molecule has 8 unspecified atom stereocenters. The highest BCUT2D eigenvalue weighted by atomic mass is 16.2. The van der Waals surface area contributed by atoms with E-state index in [0.29, 0.717) is 53.3 Å². The molecule has 2 aliphatic carbocycles. The van der Waals surface area contributed by atoms with Gasteiger partial charge in [-0.05, 0) is 107 Å². The summed E-state index contributed by atoms with van der Waals surface area (Å²) in [4.78, 5) is 13.8. The Morgan fingerprint density at radius 2 is 1.83 bits per heavy atom. The summed E-state index contributed by atoms with van der Waals surface area (Å²) in [5.41, 5.74) is 0.551. The summed E-state index contributed by atoms with van der Waals surface area (Å²) in [7, 11) is 1.94. The van der Waals surface area contributed by atoms with E-state index in [1.165, 1.54) is 44.9 Å². The van der Waals surface area contributed by atoms with Crippen molar-refractivity contribution < 1.29 is 4.79 Å². The molecule has 1 aromatic heterocycles. The fourth-order valence-corrected chi connectivity index (χ4v) is 7.49. The summed E-state index contributed by atoms with van der Waals surface area (Å²) in [5, 5.41) is 19.4. The summed E-state index contributed by atoms with van der Waals surface area (Å²) >= 11 is 0. The number of amides is 1. The van der Waals surface area contributed by atoms with Crippen LogP contribution in [0.4, 0.5) is 0 Å². The van der Waals surface area contributed by atoms with Crippen LogP contribution in [0.15, 0.2) is 12.4 Å². The van der Waals surface area contributed by atoms with Crippen molar-refractivity contribution in [3.8, 4) is 0 Å². The molecule has 0 aromatic carbocycles. The molecule has 4 aliphatic rings. The third-order valence-corrected chi connectivity index (χ3v) is 9.65. The van der Waals surface area contributed by atoms with E-state index in [2.05, 4.69) is 34.4 Å². The predicted octanol–water partition coefficient (Wildman–Crippen LogP) is 3.01. The molecule has 4 N–H and O–H groups in total. The first kappa shape index (κ1) is 25.1. The van der Waals surface area contributed by atoms with Gasteiger partial charge in [0.05, 0.1) is 0 Å². The van der Waals surface area contributed by atoms with Crippen LogP contribution in [0.2, 0.25) is 0 Å². The average Bonchev–Trinajstić information content (AvgIpc) is 3.64. The lowest BCUT2D eigenvalue weighted by Crippen LogP contribution is -2.55. The van der Waals surface area contributed by atoms with Crippen LogP contribution in [0.3, 0.4) is 0 Å². The minimum absolute atomic E-state index is 0.102. The molecule has 0 radical (unpaired) electrons. The van der Waals surface area contributed by atoms with E-state index in [-0.39, 0.29) is 5.92 Å². The van der Waals surface area contributed by atoms with Crippen LogP contribution < -0.4 is 21.6 Å². The molecule has 4 fully saturated rings. The second kappa shape index (κ2) is 10.8. The zero-order valence-corrected chi connectivity index (χ0v) is 22.1. The van der Waals surface area contributed by atoms with Gasteiger partial charge in [0.2, 0.25) is 11.5 Å². The van der Waals surface area contributed by atoms with Crippen LogP contribution in [0.1, 0.15) is 71.6 Å². The highest BCUT2D eigenvalue weighted by Gasteiger charge is 2.42. The number of hydrogen-bond acceptors (Lipinski definition) is 4. The topological polar surface area (TPSA) is 86.9 Å². The first-order chi connectivity index (χ1) is 16.9. The molecule has 7 heteroatoms. The first-order valence-corrected chi connectivity index (χ1v) is 14.4. The zero-order chi connectivity index (χ0) is 24.5. The molecule has 0 bridgehead atoms. The molecule has 1 amide bonds. The number of carbonyl (C=O) groups excluding carboxylic acids is 1. The van der Waals surface area contributed by atoms with Crippen molar-refractivity contribution in [1.82, 2.24) is 25.1 Å². The van der Waals surface area contributed by atoms with Crippen LogP contribution in [0, 0.1) is 40.9 Å². The average molecular weight is 485 g/mol. The lowest BCUT2D eigenvalue weighted by atomic mass is 9.67. The Labute approximate surface area is 211 Å². The normalized spacial score (nSPS) is 37.1. The molecule has 3 heterocycles. The molecule has 196 valence electrons. The Morgan fingerprint density at radius 1 is 1.03 bits per heavy atom. The molecule has 8 atom stereocenters. The molecule has 1 aromatic rings. The Kier molecular flexibility index (Phi) is 7.73. The largest absolute Gasteiger partial charge is 0.351 e. The quantitative estimate of drug-likeness (QED) is 0.480. The number of carbonyl (C=O) groups is 1. The molecule has 5 rings (SSSR count). The van der Waals surface area contributed by atoms with Crippen molar-refractivity contribution in [2.24, 2.45) is 42.6 Å². The van der Waals surface area contributed by atoms with Gasteiger partial charge in [-0.3, -0.25) is 10.2 Å². The molecule has 2 saturated heterocycles. The number of piperidine rings is 2. The van der Waals surface area contributed by atoms with Crippen molar-refractivity contribution >= 4 is 5.91 Å². The van der Waals surface area contributed by atoms with E-state index >= 15 is 0 Å². The lowest BCUT2D eigenvalue weighted by Gasteiger charge is -2.42. The van der Waals surface area contributed by atoms with Crippen LogP contribution in [-0.2, 0) is 18.4 Å². The molecular formula is C28H48N6O. The van der Waals surface area contributed by atoms with Gasteiger partial charge in [-0.2, -0.15) is 0 Å². The van der Waals surface area contributed by atoms with Crippen LogP contribution in [-0.4, -0.2) is 46.3 Å². The lowest BCUT2D eigenvalue weighted by molar-refractivity contribution is -0.129. The molecule has 7 nitrogen and oxygen atoms in total. The van der Waals surface area contributed by atoms with Crippen molar-refractivity contribution in [3.63, 3.8) is 0 Å². The number of aromatic nitrogens is 2. The maximum atomic E-state index is 13.8. The second-order valence-electron chi connectivity index (χ2n) is 12.6. The number of nitrogens with zero attached hydrogens (tertiary/aromatic N) is 2. The first-order valence-electron chi connectivity index (χ1n) is 14.4. The van der Waals surface area contributed by atoms with Gasteiger partial charge >= 0.3 is 0 Å². The smallest absolute Gasteiger partial charge is 0.223 e. The minimum atomic E-state index is 0.102. The summed E-state index contributed by atoms with van der Waals surface area (Å²) in [6.45, 7) is 7.70. The number of nitrogens with one attached hydrogen (secondary N) is 4. The predicted molar refractivity (Wildman–Crippen MR) is 139 cm³/mol. The van der Waals surface area contributed by atoms with Crippen molar-refractivity contribution in [3.05, 3.63) is 18.0 Å². The van der Waals surface area contributed by atoms with E-state index in [9.17, 15) is 4.79 Å². The molecule has 0 spiro atoms. The highest BCUT2D eigenvalue weighted by molar-refractivity contribution is 5.79. The van der Waals surface area contributed by atoms with Crippen molar-refractivity contribution in [2.45, 2.75) is 96.3 Å². The van der Waals surface area contributed by atoms with Gasteiger partial charge in [0, 0.05) is 50.0 Å². The van der Waals surface area contributed by atoms with E-state index < -0.39 is 0 Å². The Bertz CT molecular complexity index is 919. The summed E-state index contributed by atoms with van der Waals surface area (Å²) < 4.78 is 3.95. The number of aryl methyl sites for hydroxylation is 1. The van der Waals surface area contributed by atoms with Gasteiger partial charge in [0.15, 0.2) is 0 Å². The van der Waals surface area contributed by atoms with Crippen molar-refractivity contribution in [1.29, 1.82) is 5.41 Å². The van der Waals surface area contributed by atoms with Gasteiger partial charge < -0.3 is 25.1 Å². The monoisotopic (exact) mass is 484 g/mol. The number of rotatable bonds is 7. The highest BCUT2D eigenvalue weighted by Crippen LogP contribution is 2.42. The summed E-state index contributed by atoms with van der Waals surface area (Å²) in [6, 6.07) is 1.30. The Morgan fingerprint density at radius 3 is 2.51 bits per heavy atom. The maximum absolute atomic E-state index is 13.8. The Balaban J connectivity index is 1.30. The van der Waals surface area contributed by atoms with Gasteiger partial charge in [-0.15, -0.1) is 0 Å². The molecule has 2 aliphatic heterocycles. The van der Waals surface area contributed by atoms with E-state index in [1.54, 1.807) is 0 Å². The fraction of sp³-hybridized carbons (Fsp3) is 0.857. The van der Waals surface area contributed by atoms with Crippen molar-refractivity contribution in [2.75, 3.05) is 13.1 Å². The van der Waals surface area contributed by atoms with Crippen LogP contribution >= 0.6 is 0 Å². The van der Waals surface area contributed by atoms with E-state index in [0.717, 1.165) is 38.4 Å². The fourth-order valence-electron chi connectivity index (χ4n) is 7.49. The molecule has 35 heavy (non-hydrogen) atoms. The summed E-state index contributed by atoms with van der Waals surface area (Å²) in [6.07, 6.45) is 14.6. The van der Waals surface area contributed by atoms with Crippen LogP contribution in [0.5, 0.6) is 0 Å². The SMILES string of the molecule is CC1CCNC(C(NC(=O)C2CC(Cn3ccn(C)c3=N)CC(C3CCNC(C)C3)C2)C2CC2)C1. The number of imidazole rings is 1. The summed E-state index contributed by atoms with van der Waals surface area (Å²) in [5.74, 6) is 3.59. The van der Waals surface area contributed by atoms with Gasteiger partial charge in [-0.1, -0.05) is 6.92 Å². The molecule has 2 saturated carbocycles. The van der Waals surface area contributed by atoms with Crippen LogP contribution in [0.25, 0.3) is 0 Å². The standard InChI is InChI=1S/C28H48N6O/c1-18-6-8-31-25(12-18)26(21-4-5-21)32-27(35)24-15-20(17-34-11-10-33(3)28(34)29)14-23(16-24)22-7-9-30-19(2)13-22/h10-11,18-26,29-31H,4-9,12-17H2,1-3H3,(H,32,35). The van der Waals surface area contributed by atoms with Gasteiger partial charge in [0.1, 0.15) is 0 Å². The second-order valence-corrected chi connectivity index (χ2v) is 12.6.